The van der Waals surface area contributed by atoms with Crippen molar-refractivity contribution < 1.29 is 38.1 Å². The van der Waals surface area contributed by atoms with Crippen LogP contribution in [0.1, 0.15) is 26.3 Å². The maximum absolute atomic E-state index is 12.7. The van der Waals surface area contributed by atoms with E-state index < -0.39 is 29.1 Å². The molecular weight excluding hydrogens is 494 g/mol. The van der Waals surface area contributed by atoms with Crippen molar-refractivity contribution in [3.8, 4) is 11.5 Å². The van der Waals surface area contributed by atoms with E-state index in [-0.39, 0.29) is 18.1 Å². The highest BCUT2D eigenvalue weighted by Crippen LogP contribution is 2.38. The molecule has 2 amide bonds. The molecule has 0 N–H and O–H groups in total. The Labute approximate surface area is 192 Å². The Morgan fingerprint density at radius 1 is 1.16 bits per heavy atom. The van der Waals surface area contributed by atoms with Crippen molar-refractivity contribution in [2.24, 2.45) is 0 Å². The Morgan fingerprint density at radius 3 is 2.45 bits per heavy atom. The number of amides is 2. The highest BCUT2D eigenvalue weighted by Gasteiger charge is 2.41. The van der Waals surface area contributed by atoms with Crippen molar-refractivity contribution in [3.63, 3.8) is 0 Å². The van der Waals surface area contributed by atoms with Gasteiger partial charge in [-0.3, -0.25) is 14.5 Å². The van der Waals surface area contributed by atoms with Crippen molar-refractivity contribution >= 4 is 56.9 Å². The first-order chi connectivity index (χ1) is 14.7. The fraction of sp³-hybridized carbons (Fsp3) is 0.400. The van der Waals surface area contributed by atoms with Crippen LogP contribution in [0.2, 0.25) is 0 Å². The molecule has 11 heteroatoms. The summed E-state index contributed by atoms with van der Waals surface area (Å²) >= 11 is 4.12. The lowest BCUT2D eigenvalue weighted by atomic mass is 10.1. The molecule has 0 aromatic heterocycles. The zero-order valence-electron chi connectivity index (χ0n) is 17.4. The predicted octanol–water partition coefficient (Wildman–Crippen LogP) is 3.39. The lowest BCUT2D eigenvalue weighted by Gasteiger charge is -2.18. The van der Waals surface area contributed by atoms with Crippen LogP contribution >= 0.6 is 27.7 Å². The van der Waals surface area contributed by atoms with Crippen LogP contribution in [0.3, 0.4) is 0 Å². The minimum absolute atomic E-state index is 0.143. The summed E-state index contributed by atoms with van der Waals surface area (Å²) in [7, 11) is 1.19. The molecule has 0 bridgehead atoms. The highest BCUT2D eigenvalue weighted by molar-refractivity contribution is 9.10. The highest BCUT2D eigenvalue weighted by atomic mass is 79.9. The summed E-state index contributed by atoms with van der Waals surface area (Å²) in [4.78, 5) is 49.3. The summed E-state index contributed by atoms with van der Waals surface area (Å²) in [5.41, 5.74) is 0.545. The molecule has 0 radical (unpaired) electrons. The van der Waals surface area contributed by atoms with Gasteiger partial charge >= 0.3 is 11.9 Å². The SMILES string of the molecule is CCOC(=O)COc1cc(Br)c(/C=C2/SC(=O)N([C@@H](C)C(=O)OC)C2=O)cc1OCC. The number of rotatable bonds is 9. The van der Waals surface area contributed by atoms with Gasteiger partial charge in [-0.05, 0) is 56.3 Å². The van der Waals surface area contributed by atoms with Crippen LogP contribution in [0.4, 0.5) is 4.79 Å². The van der Waals surface area contributed by atoms with Crippen LogP contribution in [0.25, 0.3) is 6.08 Å². The maximum atomic E-state index is 12.7. The number of ether oxygens (including phenoxy) is 4. The van der Waals surface area contributed by atoms with Gasteiger partial charge in [0.15, 0.2) is 18.1 Å². The summed E-state index contributed by atoms with van der Waals surface area (Å²) in [6.07, 6.45) is 1.51. The van der Waals surface area contributed by atoms with Gasteiger partial charge in [-0.25, -0.2) is 9.59 Å². The topological polar surface area (TPSA) is 108 Å². The van der Waals surface area contributed by atoms with Gasteiger partial charge < -0.3 is 18.9 Å². The Kier molecular flexibility index (Phi) is 8.93. The first-order valence-electron chi connectivity index (χ1n) is 9.33. The molecule has 0 saturated carbocycles. The molecule has 9 nitrogen and oxygen atoms in total. The van der Waals surface area contributed by atoms with E-state index >= 15 is 0 Å². The number of carbonyl (C=O) groups excluding carboxylic acids is 4. The number of esters is 2. The average Bonchev–Trinajstić information content (AvgIpc) is 3.01. The maximum Gasteiger partial charge on any atom is 0.344 e. The Hall–Kier alpha value is -2.53. The van der Waals surface area contributed by atoms with Gasteiger partial charge in [0.2, 0.25) is 0 Å². The summed E-state index contributed by atoms with van der Waals surface area (Å²) in [5.74, 6) is -1.14. The largest absolute Gasteiger partial charge is 0.490 e. The minimum Gasteiger partial charge on any atom is -0.490 e. The van der Waals surface area contributed by atoms with Gasteiger partial charge in [-0.15, -0.1) is 0 Å². The molecule has 0 unspecified atom stereocenters. The summed E-state index contributed by atoms with van der Waals surface area (Å²) in [6, 6.07) is 2.17. The van der Waals surface area contributed by atoms with E-state index in [4.69, 9.17) is 14.2 Å². The standard InChI is InChI=1S/C20H22BrNO8S/c1-5-28-14-7-12(13(21)9-15(14)30-10-17(23)29-6-2)8-16-18(24)22(20(26)31-16)11(3)19(25)27-4/h7-9,11H,5-6,10H2,1-4H3/b16-8+/t11-/m0/s1. The second-order valence-electron chi connectivity index (χ2n) is 6.10. The number of nitrogens with zero attached hydrogens (tertiary/aromatic N) is 1. The Morgan fingerprint density at radius 2 is 1.84 bits per heavy atom. The van der Waals surface area contributed by atoms with Crippen molar-refractivity contribution in [3.05, 3.63) is 27.1 Å². The van der Waals surface area contributed by atoms with Gasteiger partial charge in [0.25, 0.3) is 11.1 Å². The van der Waals surface area contributed by atoms with Gasteiger partial charge in [-0.2, -0.15) is 0 Å². The number of imide groups is 1. The Balaban J connectivity index is 2.32. The van der Waals surface area contributed by atoms with Crippen molar-refractivity contribution in [2.45, 2.75) is 26.8 Å². The number of benzene rings is 1. The number of hydrogen-bond donors (Lipinski definition) is 0. The molecule has 0 spiro atoms. The fourth-order valence-electron chi connectivity index (χ4n) is 2.61. The minimum atomic E-state index is -1.04. The molecule has 1 fully saturated rings. The van der Waals surface area contributed by atoms with Crippen molar-refractivity contribution in [2.75, 3.05) is 26.9 Å². The number of thioether (sulfide) groups is 1. The van der Waals surface area contributed by atoms with Crippen molar-refractivity contribution in [1.82, 2.24) is 4.90 Å². The van der Waals surface area contributed by atoms with Crippen molar-refractivity contribution in [1.29, 1.82) is 0 Å². The summed E-state index contributed by atoms with van der Waals surface area (Å²) in [6.45, 7) is 5.20. The van der Waals surface area contributed by atoms with Crippen LogP contribution in [-0.4, -0.2) is 61.0 Å². The molecule has 1 atom stereocenters. The van der Waals surface area contributed by atoms with Crippen LogP contribution in [0, 0.1) is 0 Å². The summed E-state index contributed by atoms with van der Waals surface area (Å²) in [5, 5.41) is -0.565. The normalized spacial score (nSPS) is 15.8. The second-order valence-corrected chi connectivity index (χ2v) is 7.95. The quantitative estimate of drug-likeness (QED) is 0.361. The van der Waals surface area contributed by atoms with E-state index in [0.29, 0.717) is 28.1 Å². The number of carbonyl (C=O) groups is 4. The third kappa shape index (κ3) is 6.01. The molecule has 1 saturated heterocycles. The Bertz CT molecular complexity index is 917. The van der Waals surface area contributed by atoms with Crippen LogP contribution in [-0.2, 0) is 23.9 Å². The van der Waals surface area contributed by atoms with Crippen LogP contribution < -0.4 is 9.47 Å². The van der Waals surface area contributed by atoms with E-state index in [1.807, 2.05) is 0 Å². The van der Waals surface area contributed by atoms with E-state index in [9.17, 15) is 19.2 Å². The van der Waals surface area contributed by atoms with Gasteiger partial charge in [0.05, 0.1) is 25.2 Å². The third-order valence-electron chi connectivity index (χ3n) is 4.05. The number of halogens is 1. The zero-order chi connectivity index (χ0) is 23.1. The lowest BCUT2D eigenvalue weighted by Crippen LogP contribution is -2.42. The number of hydrogen-bond acceptors (Lipinski definition) is 9. The average molecular weight is 516 g/mol. The van der Waals surface area contributed by atoms with Gasteiger partial charge in [0.1, 0.15) is 6.04 Å². The van der Waals surface area contributed by atoms with E-state index in [2.05, 4.69) is 20.7 Å². The molecule has 168 valence electrons. The third-order valence-corrected chi connectivity index (χ3v) is 5.62. The second kappa shape index (κ2) is 11.2. The molecule has 2 rings (SSSR count). The van der Waals surface area contributed by atoms with E-state index in [1.54, 1.807) is 26.0 Å². The zero-order valence-corrected chi connectivity index (χ0v) is 19.8. The fourth-order valence-corrected chi connectivity index (χ4v) is 3.95. The molecule has 1 aromatic rings. The smallest absolute Gasteiger partial charge is 0.344 e. The molecule has 1 aliphatic heterocycles. The van der Waals surface area contributed by atoms with Crippen LogP contribution in [0.5, 0.6) is 11.5 Å². The predicted molar refractivity (Wildman–Crippen MR) is 117 cm³/mol. The molecule has 0 aliphatic carbocycles. The van der Waals surface area contributed by atoms with Gasteiger partial charge in [0, 0.05) is 4.47 Å². The molecule has 31 heavy (non-hydrogen) atoms. The molecule has 1 aliphatic rings. The number of methoxy groups -OCH3 is 1. The lowest BCUT2D eigenvalue weighted by molar-refractivity contribution is -0.148. The van der Waals surface area contributed by atoms with E-state index in [1.165, 1.54) is 20.1 Å². The molecule has 1 heterocycles. The molecule has 1 aromatic carbocycles. The molecular formula is C20H22BrNO8S. The summed E-state index contributed by atoms with van der Waals surface area (Å²) < 4.78 is 21.1. The first-order valence-corrected chi connectivity index (χ1v) is 10.9. The monoisotopic (exact) mass is 515 g/mol. The first kappa shape index (κ1) is 24.7. The van der Waals surface area contributed by atoms with Gasteiger partial charge in [-0.1, -0.05) is 15.9 Å². The van der Waals surface area contributed by atoms with E-state index in [0.717, 1.165) is 16.7 Å². The van der Waals surface area contributed by atoms with Crippen LogP contribution in [0.15, 0.2) is 21.5 Å².